The Morgan fingerprint density at radius 3 is 2.65 bits per heavy atom. The van der Waals surface area contributed by atoms with Crippen LogP contribution in [0.25, 0.3) is 0 Å². The molecule has 3 nitrogen and oxygen atoms in total. The van der Waals surface area contributed by atoms with Gasteiger partial charge in [-0.15, -0.1) is 0 Å². The molecule has 1 aliphatic heterocycles. The van der Waals surface area contributed by atoms with E-state index in [4.69, 9.17) is 0 Å². The van der Waals surface area contributed by atoms with Crippen LogP contribution in [-0.2, 0) is 0 Å². The van der Waals surface area contributed by atoms with Crippen molar-refractivity contribution in [3.8, 4) is 0 Å². The number of nitrogens with one attached hydrogen (secondary N) is 1. The fourth-order valence-electron chi connectivity index (χ4n) is 2.45. The topological polar surface area (TPSA) is 18.5 Å². The second-order valence-electron chi connectivity index (χ2n) is 5.37. The Morgan fingerprint density at radius 2 is 2.00 bits per heavy atom. The van der Waals surface area contributed by atoms with Gasteiger partial charge in [-0.3, -0.25) is 0 Å². The third kappa shape index (κ3) is 6.39. The van der Waals surface area contributed by atoms with Crippen molar-refractivity contribution in [1.29, 1.82) is 0 Å². The SMILES string of the molecule is CCNCCCC(C)N(C)CCN1CCCC1. The molecule has 102 valence electrons. The van der Waals surface area contributed by atoms with Crippen molar-refractivity contribution in [1.82, 2.24) is 15.1 Å². The smallest absolute Gasteiger partial charge is 0.0109 e. The summed E-state index contributed by atoms with van der Waals surface area (Å²) in [5, 5.41) is 3.39. The van der Waals surface area contributed by atoms with Gasteiger partial charge in [0.15, 0.2) is 0 Å². The molecule has 1 fully saturated rings. The molecule has 0 aromatic carbocycles. The van der Waals surface area contributed by atoms with Gasteiger partial charge in [-0.25, -0.2) is 0 Å². The van der Waals surface area contributed by atoms with Crippen LogP contribution < -0.4 is 5.32 Å². The van der Waals surface area contributed by atoms with Crippen molar-refractivity contribution in [2.24, 2.45) is 0 Å². The lowest BCUT2D eigenvalue weighted by Gasteiger charge is -2.27. The lowest BCUT2D eigenvalue weighted by molar-refractivity contribution is 0.205. The largest absolute Gasteiger partial charge is 0.317 e. The summed E-state index contributed by atoms with van der Waals surface area (Å²) in [7, 11) is 2.27. The molecule has 0 aliphatic carbocycles. The van der Waals surface area contributed by atoms with E-state index in [1.165, 1.54) is 58.4 Å². The maximum absolute atomic E-state index is 3.39. The maximum Gasteiger partial charge on any atom is 0.0109 e. The molecule has 0 spiro atoms. The first-order chi connectivity index (χ1) is 8.24. The Labute approximate surface area is 108 Å². The average Bonchev–Trinajstić information content (AvgIpc) is 2.84. The van der Waals surface area contributed by atoms with E-state index in [1.54, 1.807) is 0 Å². The van der Waals surface area contributed by atoms with Crippen molar-refractivity contribution >= 4 is 0 Å². The van der Waals surface area contributed by atoms with Gasteiger partial charge in [0.2, 0.25) is 0 Å². The van der Waals surface area contributed by atoms with Crippen LogP contribution in [0.3, 0.4) is 0 Å². The predicted molar refractivity (Wildman–Crippen MR) is 75.5 cm³/mol. The highest BCUT2D eigenvalue weighted by Gasteiger charge is 2.13. The molecule has 1 aliphatic rings. The van der Waals surface area contributed by atoms with Gasteiger partial charge in [0, 0.05) is 19.1 Å². The second kappa shape index (κ2) is 8.90. The summed E-state index contributed by atoms with van der Waals surface area (Å²) < 4.78 is 0. The Morgan fingerprint density at radius 1 is 1.29 bits per heavy atom. The van der Waals surface area contributed by atoms with Crippen LogP contribution in [0.2, 0.25) is 0 Å². The normalized spacial score (nSPS) is 19.1. The van der Waals surface area contributed by atoms with E-state index in [1.807, 2.05) is 0 Å². The number of hydrogen-bond donors (Lipinski definition) is 1. The van der Waals surface area contributed by atoms with Gasteiger partial charge in [0.25, 0.3) is 0 Å². The minimum absolute atomic E-state index is 0.719. The monoisotopic (exact) mass is 241 g/mol. The third-order valence-electron chi connectivity index (χ3n) is 3.95. The molecular weight excluding hydrogens is 210 g/mol. The Balaban J connectivity index is 2.02. The Bertz CT molecular complexity index is 178. The standard InChI is InChI=1S/C14H31N3/c1-4-15-9-7-8-14(2)16(3)12-13-17-10-5-6-11-17/h14-15H,4-13H2,1-3H3. The minimum atomic E-state index is 0.719. The quantitative estimate of drug-likeness (QED) is 0.621. The lowest BCUT2D eigenvalue weighted by atomic mass is 10.1. The molecule has 17 heavy (non-hydrogen) atoms. The summed E-state index contributed by atoms with van der Waals surface area (Å²) in [5.74, 6) is 0. The van der Waals surface area contributed by atoms with Gasteiger partial charge in [0.1, 0.15) is 0 Å². The van der Waals surface area contributed by atoms with Crippen molar-refractivity contribution in [2.75, 3.05) is 46.3 Å². The summed E-state index contributed by atoms with van der Waals surface area (Å²) in [5.41, 5.74) is 0. The summed E-state index contributed by atoms with van der Waals surface area (Å²) >= 11 is 0. The second-order valence-corrected chi connectivity index (χ2v) is 5.37. The first-order valence-electron chi connectivity index (χ1n) is 7.37. The van der Waals surface area contributed by atoms with Gasteiger partial charge in [0.05, 0.1) is 0 Å². The molecule has 0 amide bonds. The molecule has 1 N–H and O–H groups in total. The lowest BCUT2D eigenvalue weighted by Crippen LogP contribution is -2.36. The van der Waals surface area contributed by atoms with Gasteiger partial charge >= 0.3 is 0 Å². The highest BCUT2D eigenvalue weighted by Crippen LogP contribution is 2.08. The Kier molecular flexibility index (Phi) is 7.82. The molecule has 1 heterocycles. The molecule has 0 aromatic heterocycles. The van der Waals surface area contributed by atoms with Crippen LogP contribution in [-0.4, -0.2) is 62.2 Å². The molecule has 0 saturated carbocycles. The van der Waals surface area contributed by atoms with Crippen LogP contribution in [0.4, 0.5) is 0 Å². The predicted octanol–water partition coefficient (Wildman–Crippen LogP) is 1.79. The first-order valence-corrected chi connectivity index (χ1v) is 7.37. The summed E-state index contributed by atoms with van der Waals surface area (Å²) in [4.78, 5) is 5.12. The van der Waals surface area contributed by atoms with Crippen molar-refractivity contribution < 1.29 is 0 Å². The van der Waals surface area contributed by atoms with E-state index in [0.717, 1.165) is 12.6 Å². The maximum atomic E-state index is 3.39. The minimum Gasteiger partial charge on any atom is -0.317 e. The van der Waals surface area contributed by atoms with E-state index in [2.05, 4.69) is 36.0 Å². The highest BCUT2D eigenvalue weighted by atomic mass is 15.2. The third-order valence-corrected chi connectivity index (χ3v) is 3.95. The van der Waals surface area contributed by atoms with E-state index in [0.29, 0.717) is 0 Å². The fourth-order valence-corrected chi connectivity index (χ4v) is 2.45. The van der Waals surface area contributed by atoms with E-state index in [-0.39, 0.29) is 0 Å². The van der Waals surface area contributed by atoms with Crippen molar-refractivity contribution in [3.05, 3.63) is 0 Å². The number of hydrogen-bond acceptors (Lipinski definition) is 3. The molecule has 0 bridgehead atoms. The van der Waals surface area contributed by atoms with Gasteiger partial charge in [-0.2, -0.15) is 0 Å². The van der Waals surface area contributed by atoms with Gasteiger partial charge < -0.3 is 15.1 Å². The zero-order chi connectivity index (χ0) is 12.5. The first kappa shape index (κ1) is 14.9. The number of likely N-dealkylation sites (N-methyl/N-ethyl adjacent to an activating group) is 1. The molecule has 1 unspecified atom stereocenters. The number of likely N-dealkylation sites (tertiary alicyclic amines) is 1. The van der Waals surface area contributed by atoms with Crippen LogP contribution in [0, 0.1) is 0 Å². The molecule has 3 heteroatoms. The van der Waals surface area contributed by atoms with E-state index >= 15 is 0 Å². The van der Waals surface area contributed by atoms with E-state index in [9.17, 15) is 0 Å². The fraction of sp³-hybridized carbons (Fsp3) is 1.00. The molecule has 1 saturated heterocycles. The van der Waals surface area contributed by atoms with Crippen LogP contribution in [0.5, 0.6) is 0 Å². The Hall–Kier alpha value is -0.120. The number of nitrogens with zero attached hydrogens (tertiary/aromatic N) is 2. The molecule has 1 rings (SSSR count). The van der Waals surface area contributed by atoms with Gasteiger partial charge in [-0.1, -0.05) is 6.92 Å². The van der Waals surface area contributed by atoms with E-state index < -0.39 is 0 Å². The van der Waals surface area contributed by atoms with Crippen LogP contribution in [0.15, 0.2) is 0 Å². The molecular formula is C14H31N3. The zero-order valence-corrected chi connectivity index (χ0v) is 12.0. The van der Waals surface area contributed by atoms with Crippen LogP contribution >= 0.6 is 0 Å². The highest BCUT2D eigenvalue weighted by molar-refractivity contribution is 4.70. The zero-order valence-electron chi connectivity index (χ0n) is 12.0. The summed E-state index contributed by atoms with van der Waals surface area (Å²) in [6, 6.07) is 0.719. The van der Waals surface area contributed by atoms with Gasteiger partial charge in [-0.05, 0) is 65.8 Å². The summed E-state index contributed by atoms with van der Waals surface area (Å²) in [6.45, 7) is 11.9. The summed E-state index contributed by atoms with van der Waals surface area (Å²) in [6.07, 6.45) is 5.41. The number of rotatable bonds is 9. The van der Waals surface area contributed by atoms with Crippen LogP contribution in [0.1, 0.15) is 39.5 Å². The van der Waals surface area contributed by atoms with Crippen molar-refractivity contribution in [3.63, 3.8) is 0 Å². The molecule has 0 radical (unpaired) electrons. The molecule has 0 aromatic rings. The van der Waals surface area contributed by atoms with Crippen molar-refractivity contribution in [2.45, 2.75) is 45.6 Å². The molecule has 1 atom stereocenters. The average molecular weight is 241 g/mol.